The van der Waals surface area contributed by atoms with Crippen molar-refractivity contribution in [2.75, 3.05) is 62.0 Å². The Morgan fingerprint density at radius 2 is 1.59 bits per heavy atom. The lowest BCUT2D eigenvalue weighted by Crippen LogP contribution is -2.48. The van der Waals surface area contributed by atoms with Gasteiger partial charge in [0.15, 0.2) is 0 Å². The largest absolute Gasteiger partial charge is 0.464 e. The van der Waals surface area contributed by atoms with E-state index in [1.807, 2.05) is 36.9 Å². The number of hydrogen-bond donors (Lipinski definition) is 1. The van der Waals surface area contributed by atoms with E-state index in [9.17, 15) is 31.2 Å². The number of rotatable bonds is 13. The maximum absolute atomic E-state index is 13.9. The van der Waals surface area contributed by atoms with Crippen molar-refractivity contribution < 1.29 is 40.7 Å². The number of hydrogen-bond acceptors (Lipinski definition) is 9. The van der Waals surface area contributed by atoms with Crippen molar-refractivity contribution in [1.29, 1.82) is 0 Å². The number of nitrogens with zero attached hydrogens (tertiary/aromatic N) is 4. The van der Waals surface area contributed by atoms with Gasteiger partial charge < -0.3 is 19.3 Å². The molecule has 0 aliphatic carbocycles. The first-order valence-electron chi connectivity index (χ1n) is 18.6. The van der Waals surface area contributed by atoms with Crippen molar-refractivity contribution in [1.82, 2.24) is 14.8 Å². The highest BCUT2D eigenvalue weighted by Gasteiger charge is 2.31. The summed E-state index contributed by atoms with van der Waals surface area (Å²) in [7, 11) is -3.85. The normalized spacial score (nSPS) is 15.8. The molecule has 0 unspecified atom stereocenters. The smallest absolute Gasteiger partial charge is 0.417 e. The van der Waals surface area contributed by atoms with Gasteiger partial charge >= 0.3 is 12.1 Å². The Bertz CT molecular complexity index is 2050. The van der Waals surface area contributed by atoms with E-state index in [0.29, 0.717) is 87.0 Å². The predicted octanol–water partition coefficient (Wildman–Crippen LogP) is 7.18. The fourth-order valence-corrected chi connectivity index (χ4v) is 8.00. The van der Waals surface area contributed by atoms with Crippen LogP contribution >= 0.6 is 0 Å². The van der Waals surface area contributed by atoms with Gasteiger partial charge in [0.1, 0.15) is 5.75 Å². The summed E-state index contributed by atoms with van der Waals surface area (Å²) in [6, 6.07) is 23.4. The number of esters is 1. The summed E-state index contributed by atoms with van der Waals surface area (Å²) in [5, 5.41) is 0. The van der Waals surface area contributed by atoms with E-state index in [2.05, 4.69) is 14.6 Å². The van der Waals surface area contributed by atoms with Crippen LogP contribution in [0.25, 0.3) is 0 Å². The van der Waals surface area contributed by atoms with Gasteiger partial charge in [-0.2, -0.15) is 13.2 Å². The number of piperidine rings is 1. The molecule has 2 fully saturated rings. The molecule has 2 saturated heterocycles. The lowest BCUT2D eigenvalue weighted by Gasteiger charge is -2.37. The predicted molar refractivity (Wildman–Crippen MR) is 207 cm³/mol. The number of ether oxygens (including phenoxy) is 2. The minimum Gasteiger partial charge on any atom is -0.464 e. The molecular weight excluding hydrogens is 748 g/mol. The first-order valence-corrected chi connectivity index (χ1v) is 20.3. The maximum Gasteiger partial charge on any atom is 0.417 e. The summed E-state index contributed by atoms with van der Waals surface area (Å²) in [4.78, 5) is 35.8. The van der Waals surface area contributed by atoms with Gasteiger partial charge in [-0.15, -0.1) is 0 Å². The molecule has 0 radical (unpaired) electrons. The van der Waals surface area contributed by atoms with E-state index in [1.54, 1.807) is 59.5 Å². The number of carbonyl (C=O) groups is 2. The molecule has 3 aromatic carbocycles. The molecule has 4 aromatic rings. The van der Waals surface area contributed by atoms with Crippen LogP contribution in [0.2, 0.25) is 0 Å². The Labute approximate surface area is 325 Å². The lowest BCUT2D eigenvalue weighted by atomic mass is 9.89. The average Bonchev–Trinajstić information content (AvgIpc) is 3.17. The van der Waals surface area contributed by atoms with Crippen molar-refractivity contribution in [3.63, 3.8) is 0 Å². The van der Waals surface area contributed by atoms with Gasteiger partial charge in [-0.1, -0.05) is 56.3 Å². The van der Waals surface area contributed by atoms with Gasteiger partial charge in [-0.25, -0.2) is 13.4 Å². The van der Waals surface area contributed by atoms with E-state index in [0.717, 1.165) is 17.8 Å². The average molecular weight is 794 g/mol. The molecule has 0 saturated carbocycles. The number of nitrogens with one attached hydrogen (secondary N) is 1. The Hall–Kier alpha value is -5.15. The van der Waals surface area contributed by atoms with Gasteiger partial charge in [0, 0.05) is 57.1 Å². The van der Waals surface area contributed by atoms with Crippen LogP contribution in [0.3, 0.4) is 0 Å². The summed E-state index contributed by atoms with van der Waals surface area (Å²) < 4.78 is 79.3. The summed E-state index contributed by atoms with van der Waals surface area (Å²) in [6.07, 6.45) is -2.33. The summed E-state index contributed by atoms with van der Waals surface area (Å²) in [5.41, 5.74) is 2.18. The summed E-state index contributed by atoms with van der Waals surface area (Å²) in [5.74, 6) is 0.219. The first-order chi connectivity index (χ1) is 26.7. The monoisotopic (exact) mass is 793 g/mol. The van der Waals surface area contributed by atoms with E-state index >= 15 is 0 Å². The van der Waals surface area contributed by atoms with Crippen LogP contribution in [0.4, 0.5) is 24.5 Å². The molecule has 1 aromatic heterocycles. The zero-order chi connectivity index (χ0) is 39.9. The van der Waals surface area contributed by atoms with E-state index in [-0.39, 0.29) is 41.9 Å². The molecule has 6 rings (SSSR count). The topological polar surface area (TPSA) is 121 Å². The number of piperazine rings is 1. The summed E-state index contributed by atoms with van der Waals surface area (Å²) >= 11 is 0. The van der Waals surface area contributed by atoms with Gasteiger partial charge in [0.05, 0.1) is 35.8 Å². The van der Waals surface area contributed by atoms with E-state index in [4.69, 9.17) is 9.47 Å². The van der Waals surface area contributed by atoms with Crippen molar-refractivity contribution >= 4 is 33.3 Å². The zero-order valence-electron chi connectivity index (χ0n) is 31.4. The number of halogens is 3. The zero-order valence-corrected chi connectivity index (χ0v) is 32.2. The number of likely N-dealkylation sites (tertiary alicyclic amines) is 1. The second kappa shape index (κ2) is 17.8. The molecule has 1 N–H and O–H groups in total. The molecular formula is C41H46F3N5O6S. The molecule has 0 atom stereocenters. The molecule has 298 valence electrons. The first kappa shape index (κ1) is 40.5. The lowest BCUT2D eigenvalue weighted by molar-refractivity contribution is -0.146. The third-order valence-electron chi connectivity index (χ3n) is 9.77. The van der Waals surface area contributed by atoms with Crippen LogP contribution in [-0.2, 0) is 31.5 Å². The number of amides is 1. The van der Waals surface area contributed by atoms with Crippen LogP contribution in [-0.4, -0.2) is 87.5 Å². The van der Waals surface area contributed by atoms with Gasteiger partial charge in [-0.05, 0) is 72.2 Å². The Kier molecular flexibility index (Phi) is 12.8. The van der Waals surface area contributed by atoms with Crippen LogP contribution in [0.5, 0.6) is 11.6 Å². The second-order valence-corrected chi connectivity index (χ2v) is 16.3. The quantitative estimate of drug-likeness (QED) is 0.141. The fourth-order valence-electron chi connectivity index (χ4n) is 6.79. The van der Waals surface area contributed by atoms with Crippen molar-refractivity contribution in [3.8, 4) is 11.6 Å². The van der Waals surface area contributed by atoms with Gasteiger partial charge in [0.25, 0.3) is 5.91 Å². The highest BCUT2D eigenvalue weighted by molar-refractivity contribution is 7.91. The SMILES string of the molecule is CC(C)COC(=O)CN1CCN(c2ccc(C(=O)N3CCC(c4ccc(Oc5ccc(C(F)(F)F)cn5)cc4)CC3)cc2NS(=O)(=O)Cc2ccccc2)CC1. The summed E-state index contributed by atoms with van der Waals surface area (Å²) in [6.45, 7) is 7.76. The number of carbonyl (C=O) groups excluding carboxylic acids is 2. The second-order valence-electron chi connectivity index (χ2n) is 14.5. The number of sulfonamides is 1. The van der Waals surface area contributed by atoms with E-state index in [1.165, 1.54) is 6.07 Å². The fraction of sp³-hybridized carbons (Fsp3) is 0.390. The Morgan fingerprint density at radius 1 is 0.893 bits per heavy atom. The molecule has 1 amide bonds. The Morgan fingerprint density at radius 3 is 2.21 bits per heavy atom. The number of pyridine rings is 1. The number of anilines is 2. The number of alkyl halides is 3. The van der Waals surface area contributed by atoms with Crippen molar-refractivity contribution in [2.24, 2.45) is 5.92 Å². The highest BCUT2D eigenvalue weighted by atomic mass is 32.2. The molecule has 2 aliphatic heterocycles. The van der Waals surface area contributed by atoms with Crippen LogP contribution < -0.4 is 14.4 Å². The van der Waals surface area contributed by atoms with Crippen molar-refractivity contribution in [3.05, 3.63) is 113 Å². The minimum atomic E-state index is -4.48. The van der Waals surface area contributed by atoms with Crippen LogP contribution in [0, 0.1) is 5.92 Å². The molecule has 0 spiro atoms. The van der Waals surface area contributed by atoms with Gasteiger partial charge in [0.2, 0.25) is 15.9 Å². The highest BCUT2D eigenvalue weighted by Crippen LogP contribution is 2.34. The molecule has 0 bridgehead atoms. The third-order valence-corrected chi connectivity index (χ3v) is 11.0. The molecule has 11 nitrogen and oxygen atoms in total. The Balaban J connectivity index is 1.10. The molecule has 56 heavy (non-hydrogen) atoms. The number of benzene rings is 3. The van der Waals surface area contributed by atoms with Crippen LogP contribution in [0.1, 0.15) is 59.7 Å². The van der Waals surface area contributed by atoms with E-state index < -0.39 is 21.8 Å². The minimum absolute atomic E-state index is 0.0523. The molecule has 15 heteroatoms. The van der Waals surface area contributed by atoms with Gasteiger partial charge in [-0.3, -0.25) is 19.2 Å². The van der Waals surface area contributed by atoms with Crippen LogP contribution in [0.15, 0.2) is 91.1 Å². The maximum atomic E-state index is 13.9. The molecule has 3 heterocycles. The van der Waals surface area contributed by atoms with Crippen molar-refractivity contribution in [2.45, 2.75) is 44.5 Å². The number of aromatic nitrogens is 1. The molecule has 2 aliphatic rings. The standard InChI is InChI=1S/C41H46F3N5O6S/c1-29(2)27-54-39(50)26-47-20-22-48(23-21-47)37-14-10-33(24-36(37)46-56(52,53)28-30-6-4-3-5-7-30)40(51)49-18-16-32(17-19-49)31-8-12-35(13-9-31)55-38-15-11-34(25-45-38)41(42,43)44/h3-15,24-25,29,32,46H,16-23,26-28H2,1-2H3. The third kappa shape index (κ3) is 11.0.